The largest absolute Gasteiger partial charge is 0.507 e. The molecule has 1 N–H and O–H groups in total. The summed E-state index contributed by atoms with van der Waals surface area (Å²) in [5.41, 5.74) is 2.16. The number of ether oxygens (including phenoxy) is 2. The lowest BCUT2D eigenvalue weighted by atomic mass is 9.97. The van der Waals surface area contributed by atoms with Crippen LogP contribution in [0.25, 0.3) is 5.76 Å². The van der Waals surface area contributed by atoms with Gasteiger partial charge in [-0.05, 0) is 54.4 Å². The maximum Gasteiger partial charge on any atom is 0.296 e. The van der Waals surface area contributed by atoms with Crippen molar-refractivity contribution >= 4 is 29.1 Å². The Morgan fingerprint density at radius 2 is 1.82 bits per heavy atom. The topological polar surface area (TPSA) is 89.0 Å². The van der Waals surface area contributed by atoms with Crippen molar-refractivity contribution in [1.29, 1.82) is 0 Å². The number of halogens is 1. The highest BCUT2D eigenvalue weighted by Crippen LogP contribution is 2.42. The molecule has 1 amide bonds. The van der Waals surface area contributed by atoms with Crippen molar-refractivity contribution in [1.82, 2.24) is 9.88 Å². The molecule has 2 heterocycles. The van der Waals surface area contributed by atoms with Crippen molar-refractivity contribution in [2.24, 2.45) is 0 Å². The van der Waals surface area contributed by atoms with E-state index >= 15 is 0 Å². The number of aryl methyl sites for hydroxylation is 1. The van der Waals surface area contributed by atoms with Gasteiger partial charge in [0.1, 0.15) is 23.3 Å². The number of hydrogen-bond donors (Lipinski definition) is 1. The van der Waals surface area contributed by atoms with E-state index in [9.17, 15) is 14.7 Å². The van der Waals surface area contributed by atoms with Crippen LogP contribution in [-0.2, 0) is 16.1 Å². The van der Waals surface area contributed by atoms with Crippen LogP contribution in [-0.4, -0.2) is 40.9 Å². The number of carbonyl (C=O) groups excluding carboxylic acids is 2. The number of benzene rings is 2. The third-order valence-electron chi connectivity index (χ3n) is 5.67. The standard InChI is InChI=1S/C26H23ClN2O5/c1-15-12-18(25(34-3)19(27)13-15)23(30)21-22(20-6-4-5-11-28-20)29(26(32)24(21)31)14-16-7-9-17(33-2)10-8-16/h4-13,22,30H,14H2,1-3H3/b23-21+. The van der Waals surface area contributed by atoms with Crippen LogP contribution in [0, 0.1) is 6.92 Å². The van der Waals surface area contributed by atoms with E-state index in [2.05, 4.69) is 4.98 Å². The predicted molar refractivity (Wildman–Crippen MR) is 128 cm³/mol. The number of likely N-dealkylation sites (tertiary alicyclic amines) is 1. The monoisotopic (exact) mass is 478 g/mol. The lowest BCUT2D eigenvalue weighted by Crippen LogP contribution is -2.29. The molecule has 1 aliphatic heterocycles. The van der Waals surface area contributed by atoms with Gasteiger partial charge in [0.25, 0.3) is 11.7 Å². The Balaban J connectivity index is 1.88. The van der Waals surface area contributed by atoms with Gasteiger partial charge in [-0.15, -0.1) is 0 Å². The second-order valence-corrected chi connectivity index (χ2v) is 8.26. The van der Waals surface area contributed by atoms with Crippen LogP contribution in [0.3, 0.4) is 0 Å². The molecule has 1 aliphatic rings. The van der Waals surface area contributed by atoms with Crippen LogP contribution in [0.1, 0.15) is 28.4 Å². The number of aliphatic hydroxyl groups excluding tert-OH is 1. The number of Topliss-reactive ketones (excluding diaryl/α,β-unsaturated/α-hetero) is 1. The number of nitrogens with zero attached hydrogens (tertiary/aromatic N) is 2. The molecule has 1 atom stereocenters. The molecular weight excluding hydrogens is 456 g/mol. The fourth-order valence-electron chi connectivity index (χ4n) is 4.07. The summed E-state index contributed by atoms with van der Waals surface area (Å²) in [5, 5.41) is 11.6. The first-order chi connectivity index (χ1) is 16.3. The van der Waals surface area contributed by atoms with Crippen molar-refractivity contribution in [3.05, 3.63) is 93.8 Å². The molecule has 4 rings (SSSR count). The molecule has 0 radical (unpaired) electrons. The van der Waals surface area contributed by atoms with Gasteiger partial charge >= 0.3 is 0 Å². The summed E-state index contributed by atoms with van der Waals surface area (Å²) in [5.74, 6) is -1.01. The van der Waals surface area contributed by atoms with Gasteiger partial charge < -0.3 is 19.5 Å². The molecule has 0 aliphatic carbocycles. The summed E-state index contributed by atoms with van der Waals surface area (Å²) in [6.45, 7) is 1.94. The molecule has 0 spiro atoms. The van der Waals surface area contributed by atoms with Gasteiger partial charge in [0.15, 0.2) is 0 Å². The summed E-state index contributed by atoms with van der Waals surface area (Å²) in [7, 11) is 2.99. The van der Waals surface area contributed by atoms with E-state index in [0.29, 0.717) is 11.4 Å². The van der Waals surface area contributed by atoms with E-state index in [-0.39, 0.29) is 34.2 Å². The quantitative estimate of drug-likeness (QED) is 0.314. The zero-order valence-corrected chi connectivity index (χ0v) is 19.7. The van der Waals surface area contributed by atoms with Crippen molar-refractivity contribution in [3.8, 4) is 11.5 Å². The molecule has 3 aromatic rings. The first kappa shape index (κ1) is 23.3. The highest BCUT2D eigenvalue weighted by atomic mass is 35.5. The smallest absolute Gasteiger partial charge is 0.296 e. The average Bonchev–Trinajstić information content (AvgIpc) is 3.09. The van der Waals surface area contributed by atoms with Gasteiger partial charge in [-0.25, -0.2) is 0 Å². The zero-order valence-electron chi connectivity index (χ0n) is 18.9. The van der Waals surface area contributed by atoms with Crippen molar-refractivity contribution in [3.63, 3.8) is 0 Å². The molecule has 34 heavy (non-hydrogen) atoms. The van der Waals surface area contributed by atoms with Gasteiger partial charge in [0.2, 0.25) is 0 Å². The summed E-state index contributed by atoms with van der Waals surface area (Å²) in [6, 6.07) is 14.9. The van der Waals surface area contributed by atoms with Crippen LogP contribution in [0.5, 0.6) is 11.5 Å². The molecule has 0 saturated carbocycles. The Bertz CT molecular complexity index is 1270. The van der Waals surface area contributed by atoms with Gasteiger partial charge in [0, 0.05) is 12.7 Å². The van der Waals surface area contributed by atoms with E-state index < -0.39 is 17.7 Å². The van der Waals surface area contributed by atoms with Crippen LogP contribution >= 0.6 is 11.6 Å². The summed E-state index contributed by atoms with van der Waals surface area (Å²) in [6.07, 6.45) is 1.58. The maximum atomic E-state index is 13.2. The Labute approximate surface area is 202 Å². The molecule has 7 nitrogen and oxygen atoms in total. The minimum atomic E-state index is -0.896. The molecule has 1 unspecified atom stereocenters. The van der Waals surface area contributed by atoms with Gasteiger partial charge in [-0.3, -0.25) is 14.6 Å². The number of carbonyl (C=O) groups is 2. The second kappa shape index (κ2) is 9.57. The van der Waals surface area contributed by atoms with Crippen LogP contribution < -0.4 is 9.47 Å². The van der Waals surface area contributed by atoms with Crippen LogP contribution in [0.15, 0.2) is 66.4 Å². The number of aromatic nitrogens is 1. The minimum Gasteiger partial charge on any atom is -0.507 e. The SMILES string of the molecule is COc1ccc(CN2C(=O)C(=O)/C(=C(/O)c3cc(C)cc(Cl)c3OC)C2c2ccccn2)cc1. The first-order valence-corrected chi connectivity index (χ1v) is 10.9. The highest BCUT2D eigenvalue weighted by molar-refractivity contribution is 6.46. The summed E-state index contributed by atoms with van der Waals surface area (Å²) < 4.78 is 10.6. The van der Waals surface area contributed by atoms with E-state index in [0.717, 1.165) is 11.1 Å². The normalized spacial score (nSPS) is 17.2. The molecular formula is C26H23ClN2O5. The van der Waals surface area contributed by atoms with Gasteiger partial charge in [-0.2, -0.15) is 0 Å². The molecule has 2 aromatic carbocycles. The van der Waals surface area contributed by atoms with Crippen LogP contribution in [0.4, 0.5) is 0 Å². The number of amides is 1. The lowest BCUT2D eigenvalue weighted by molar-refractivity contribution is -0.140. The lowest BCUT2D eigenvalue weighted by Gasteiger charge is -2.25. The number of ketones is 1. The number of hydrogen-bond acceptors (Lipinski definition) is 6. The molecule has 0 bridgehead atoms. The number of methoxy groups -OCH3 is 2. The summed E-state index contributed by atoms with van der Waals surface area (Å²) >= 11 is 6.32. The maximum absolute atomic E-state index is 13.2. The molecule has 1 aromatic heterocycles. The molecule has 8 heteroatoms. The fourth-order valence-corrected chi connectivity index (χ4v) is 4.42. The zero-order chi connectivity index (χ0) is 24.4. The minimum absolute atomic E-state index is 0.0721. The third kappa shape index (κ3) is 4.22. The van der Waals surface area contributed by atoms with E-state index in [1.807, 2.05) is 12.1 Å². The second-order valence-electron chi connectivity index (χ2n) is 7.86. The average molecular weight is 479 g/mol. The number of pyridine rings is 1. The molecule has 1 fully saturated rings. The molecule has 1 saturated heterocycles. The van der Waals surface area contributed by atoms with Crippen molar-refractivity contribution in [2.75, 3.05) is 14.2 Å². The van der Waals surface area contributed by atoms with E-state index in [1.165, 1.54) is 12.0 Å². The van der Waals surface area contributed by atoms with E-state index in [1.54, 1.807) is 62.7 Å². The highest BCUT2D eigenvalue weighted by Gasteiger charge is 2.47. The van der Waals surface area contributed by atoms with Crippen molar-refractivity contribution in [2.45, 2.75) is 19.5 Å². The molecule has 174 valence electrons. The van der Waals surface area contributed by atoms with Gasteiger partial charge in [0.05, 0.1) is 36.1 Å². The Morgan fingerprint density at radius 1 is 1.09 bits per heavy atom. The summed E-state index contributed by atoms with van der Waals surface area (Å²) in [4.78, 5) is 32.2. The predicted octanol–water partition coefficient (Wildman–Crippen LogP) is 4.68. The number of rotatable bonds is 6. The number of aliphatic hydroxyl groups is 1. The van der Waals surface area contributed by atoms with E-state index in [4.69, 9.17) is 21.1 Å². The third-order valence-corrected chi connectivity index (χ3v) is 5.95. The Hall–Kier alpha value is -3.84. The van der Waals surface area contributed by atoms with Crippen LogP contribution in [0.2, 0.25) is 5.02 Å². The Kier molecular flexibility index (Phi) is 6.56. The Morgan fingerprint density at radius 3 is 2.44 bits per heavy atom. The van der Waals surface area contributed by atoms with Gasteiger partial charge in [-0.1, -0.05) is 29.8 Å². The van der Waals surface area contributed by atoms with Crippen molar-refractivity contribution < 1.29 is 24.2 Å². The fraction of sp³-hybridized carbons (Fsp3) is 0.192. The first-order valence-electron chi connectivity index (χ1n) is 10.5.